The Kier molecular flexibility index (Phi) is 6.15. The van der Waals surface area contributed by atoms with Crippen molar-refractivity contribution in [2.45, 2.75) is 0 Å². The minimum atomic E-state index is 0.918. The maximum Gasteiger partial charge on any atom is 0.143 e. The van der Waals surface area contributed by atoms with Crippen molar-refractivity contribution in [1.82, 2.24) is 0 Å². The summed E-state index contributed by atoms with van der Waals surface area (Å²) in [5, 5.41) is 13.7. The average molecular weight is 709 g/mol. The molecule has 9 aromatic carbocycles. The second-order valence-electron chi connectivity index (χ2n) is 13.9. The molecule has 0 radical (unpaired) electrons. The third kappa shape index (κ3) is 4.12. The highest BCUT2D eigenvalue weighted by atomic mass is 32.1. The predicted octanol–water partition coefficient (Wildman–Crippen LogP) is 15.6. The number of hydrogen-bond acceptors (Lipinski definition) is 3. The molecule has 0 aliphatic heterocycles. The molecule has 12 rings (SSSR count). The van der Waals surface area contributed by atoms with Crippen molar-refractivity contribution < 1.29 is 4.42 Å². The van der Waals surface area contributed by atoms with Crippen LogP contribution in [0.25, 0.3) is 117 Å². The third-order valence-electron chi connectivity index (χ3n) is 11.1. The number of fused-ring (bicyclic) bond motifs is 12. The first-order chi connectivity index (χ1) is 26.3. The molecule has 0 atom stereocenters. The second kappa shape index (κ2) is 11.1. The van der Waals surface area contributed by atoms with E-state index in [9.17, 15) is 0 Å². The molecule has 3 heterocycles. The smallest absolute Gasteiger partial charge is 0.143 e. The van der Waals surface area contributed by atoms with Gasteiger partial charge in [-0.2, -0.15) is 0 Å². The van der Waals surface area contributed by atoms with Crippen LogP contribution >= 0.6 is 22.7 Å². The maximum absolute atomic E-state index is 6.84. The molecule has 0 fully saturated rings. The van der Waals surface area contributed by atoms with E-state index in [1.807, 2.05) is 22.7 Å². The molecule has 0 saturated carbocycles. The van der Waals surface area contributed by atoms with E-state index in [0.717, 1.165) is 22.1 Å². The first-order valence-corrected chi connectivity index (χ1v) is 19.6. The Morgan fingerprint density at radius 1 is 0.358 bits per heavy atom. The zero-order valence-electron chi connectivity index (χ0n) is 28.4. The number of thiophene rings is 2. The van der Waals surface area contributed by atoms with Crippen LogP contribution in [0.2, 0.25) is 0 Å². The van der Waals surface area contributed by atoms with E-state index < -0.39 is 0 Å². The molecule has 0 N–H and O–H groups in total. The van der Waals surface area contributed by atoms with Crippen LogP contribution in [0.4, 0.5) is 0 Å². The van der Waals surface area contributed by atoms with Gasteiger partial charge in [-0.05, 0) is 50.0 Å². The quantitative estimate of drug-likeness (QED) is 0.167. The molecular weight excluding hydrogens is 681 g/mol. The number of hydrogen-bond donors (Lipinski definition) is 0. The highest BCUT2D eigenvalue weighted by Gasteiger charge is 2.25. The number of furan rings is 1. The fourth-order valence-corrected chi connectivity index (χ4v) is 11.6. The summed E-state index contributed by atoms with van der Waals surface area (Å²) in [6.07, 6.45) is 0. The summed E-state index contributed by atoms with van der Waals surface area (Å²) in [4.78, 5) is 1.31. The molecular formula is C50H28OS2. The highest BCUT2D eigenvalue weighted by molar-refractivity contribution is 7.32. The van der Waals surface area contributed by atoms with Crippen LogP contribution < -0.4 is 0 Å². The molecule has 1 nitrogen and oxygen atoms in total. The maximum atomic E-state index is 6.84. The molecule has 0 bridgehead atoms. The summed E-state index contributed by atoms with van der Waals surface area (Å²) in [6, 6.07) is 62.1. The topological polar surface area (TPSA) is 13.1 Å². The van der Waals surface area contributed by atoms with E-state index >= 15 is 0 Å². The van der Waals surface area contributed by atoms with Crippen LogP contribution in [0.5, 0.6) is 0 Å². The van der Waals surface area contributed by atoms with Crippen LogP contribution in [-0.2, 0) is 0 Å². The SMILES string of the molecule is c1ccc(-c2c(-c3c4ccccc4c(-c4cccc5c4oc4ccc6ccccc6c45)c4ccccc34)sc3c2ccc2c4ccccc4sc23)cc1. The van der Waals surface area contributed by atoms with Gasteiger partial charge in [-0.1, -0.05) is 158 Å². The lowest BCUT2D eigenvalue weighted by molar-refractivity contribution is 0.670. The van der Waals surface area contributed by atoms with Crippen molar-refractivity contribution in [2.24, 2.45) is 0 Å². The summed E-state index contributed by atoms with van der Waals surface area (Å²) in [5.74, 6) is 0. The van der Waals surface area contributed by atoms with Crippen molar-refractivity contribution >= 4 is 107 Å². The molecule has 0 spiro atoms. The van der Waals surface area contributed by atoms with Gasteiger partial charge in [-0.3, -0.25) is 0 Å². The van der Waals surface area contributed by atoms with Gasteiger partial charge in [-0.25, -0.2) is 0 Å². The van der Waals surface area contributed by atoms with Gasteiger partial charge in [0.2, 0.25) is 0 Å². The normalized spacial score (nSPS) is 12.2. The third-order valence-corrected chi connectivity index (χ3v) is 13.7. The number of rotatable bonds is 3. The van der Waals surface area contributed by atoms with Gasteiger partial charge < -0.3 is 4.42 Å². The Morgan fingerprint density at radius 3 is 1.74 bits per heavy atom. The Morgan fingerprint density at radius 2 is 0.962 bits per heavy atom. The first-order valence-electron chi connectivity index (χ1n) is 18.0. The Labute approximate surface area is 312 Å². The number of para-hydroxylation sites is 1. The van der Waals surface area contributed by atoms with E-state index in [2.05, 4.69) is 170 Å². The molecule has 12 aromatic rings. The summed E-state index contributed by atoms with van der Waals surface area (Å²) in [5.41, 5.74) is 8.01. The van der Waals surface area contributed by atoms with Crippen LogP contribution in [0.1, 0.15) is 0 Å². The molecule has 3 aromatic heterocycles. The molecule has 3 heteroatoms. The lowest BCUT2D eigenvalue weighted by Gasteiger charge is -2.18. The fourth-order valence-electron chi connectivity index (χ4n) is 8.83. The average Bonchev–Trinajstić information content (AvgIpc) is 3.92. The minimum Gasteiger partial charge on any atom is -0.455 e. The molecule has 0 saturated heterocycles. The Balaban J connectivity index is 1.22. The van der Waals surface area contributed by atoms with Gasteiger partial charge in [0.15, 0.2) is 0 Å². The van der Waals surface area contributed by atoms with Crippen molar-refractivity contribution in [3.05, 3.63) is 170 Å². The van der Waals surface area contributed by atoms with Crippen molar-refractivity contribution in [3.63, 3.8) is 0 Å². The molecule has 0 aliphatic rings. The molecule has 0 amide bonds. The molecule has 0 aliphatic carbocycles. The Hall–Kier alpha value is -6.26. The summed E-state index contributed by atoms with van der Waals surface area (Å²) >= 11 is 3.86. The van der Waals surface area contributed by atoms with E-state index in [0.29, 0.717) is 0 Å². The minimum absolute atomic E-state index is 0.918. The van der Waals surface area contributed by atoms with Crippen molar-refractivity contribution in [2.75, 3.05) is 0 Å². The van der Waals surface area contributed by atoms with E-state index in [1.165, 1.54) is 95.1 Å². The molecule has 246 valence electrons. The Bertz CT molecular complexity index is 3390. The lowest BCUT2D eigenvalue weighted by atomic mass is 9.86. The second-order valence-corrected chi connectivity index (χ2v) is 15.9. The highest BCUT2D eigenvalue weighted by Crippen LogP contribution is 2.54. The van der Waals surface area contributed by atoms with Crippen molar-refractivity contribution in [1.29, 1.82) is 0 Å². The summed E-state index contributed by atoms with van der Waals surface area (Å²) < 4.78 is 10.9. The van der Waals surface area contributed by atoms with Gasteiger partial charge in [-0.15, -0.1) is 22.7 Å². The van der Waals surface area contributed by atoms with Crippen LogP contribution in [0, 0.1) is 0 Å². The summed E-state index contributed by atoms with van der Waals surface area (Å²) in [6.45, 7) is 0. The lowest BCUT2D eigenvalue weighted by Crippen LogP contribution is -1.91. The monoisotopic (exact) mass is 708 g/mol. The van der Waals surface area contributed by atoms with Crippen molar-refractivity contribution in [3.8, 4) is 32.7 Å². The zero-order valence-corrected chi connectivity index (χ0v) is 30.0. The fraction of sp³-hybridized carbons (Fsp3) is 0. The summed E-state index contributed by atoms with van der Waals surface area (Å²) in [7, 11) is 0. The van der Waals surface area contributed by atoms with E-state index in [4.69, 9.17) is 4.42 Å². The van der Waals surface area contributed by atoms with Gasteiger partial charge >= 0.3 is 0 Å². The van der Waals surface area contributed by atoms with E-state index in [1.54, 1.807) is 0 Å². The predicted molar refractivity (Wildman–Crippen MR) is 231 cm³/mol. The first kappa shape index (κ1) is 29.3. The van der Waals surface area contributed by atoms with Gasteiger partial charge in [0.1, 0.15) is 11.2 Å². The largest absolute Gasteiger partial charge is 0.455 e. The van der Waals surface area contributed by atoms with Gasteiger partial charge in [0.05, 0.1) is 9.40 Å². The zero-order chi connectivity index (χ0) is 34.6. The molecule has 0 unspecified atom stereocenters. The van der Waals surface area contributed by atoms with E-state index in [-0.39, 0.29) is 0 Å². The number of benzene rings is 9. The van der Waals surface area contributed by atoms with Crippen LogP contribution in [-0.4, -0.2) is 0 Å². The van der Waals surface area contributed by atoms with Gasteiger partial charge in [0.25, 0.3) is 0 Å². The van der Waals surface area contributed by atoms with Crippen LogP contribution in [0.15, 0.2) is 174 Å². The van der Waals surface area contributed by atoms with Gasteiger partial charge in [0, 0.05) is 58.8 Å². The van der Waals surface area contributed by atoms with Crippen LogP contribution in [0.3, 0.4) is 0 Å². The standard InChI is InChI=1S/C50H28OS2/c1-2-14-30(15-3-1)43-40-27-26-37-32-17-10-11-24-42(32)52-48(37)49(40)53-50(43)46-35-20-8-6-18-33(35)44(34-19-7-9-21-36(34)46)38-22-12-23-39-45-31-16-5-4-13-29(31)25-28-41(45)51-47(38)39/h1-28H. The molecule has 53 heavy (non-hydrogen) atoms.